The lowest BCUT2D eigenvalue weighted by atomic mass is 10.0. The molecule has 0 heterocycles. The number of aliphatic hydroxyl groups excluding tert-OH is 2. The van der Waals surface area contributed by atoms with Crippen LogP contribution in [0.2, 0.25) is 0 Å². The highest BCUT2D eigenvalue weighted by Gasteiger charge is 2.18. The summed E-state index contributed by atoms with van der Waals surface area (Å²) >= 11 is 0. The average molecular weight is 238 g/mol. The number of benzene rings is 1. The van der Waals surface area contributed by atoms with Gasteiger partial charge in [0.1, 0.15) is 11.9 Å². The van der Waals surface area contributed by atoms with E-state index in [-0.39, 0.29) is 6.54 Å². The summed E-state index contributed by atoms with van der Waals surface area (Å²) in [7, 11) is 1.48. The van der Waals surface area contributed by atoms with Crippen LogP contribution >= 0.6 is 0 Å². The van der Waals surface area contributed by atoms with E-state index in [1.165, 1.54) is 13.2 Å². The molecule has 2 unspecified atom stereocenters. The van der Waals surface area contributed by atoms with E-state index in [1.54, 1.807) is 12.1 Å². The van der Waals surface area contributed by atoms with E-state index < -0.39 is 12.2 Å². The van der Waals surface area contributed by atoms with Gasteiger partial charge in [0.25, 0.3) is 0 Å². The molecular weight excluding hydrogens is 224 g/mol. The molecule has 0 bridgehead atoms. The van der Waals surface area contributed by atoms with Crippen molar-refractivity contribution in [2.45, 2.75) is 12.2 Å². The third kappa shape index (κ3) is 3.25. The summed E-state index contributed by atoms with van der Waals surface area (Å²) < 4.78 is 4.97. The third-order valence-corrected chi connectivity index (χ3v) is 2.29. The predicted octanol–water partition coefficient (Wildman–Crippen LogP) is 0.982. The number of hydrogen-bond acceptors (Lipinski definition) is 5. The molecule has 0 aliphatic heterocycles. The second kappa shape index (κ2) is 5.95. The first-order valence-corrected chi connectivity index (χ1v) is 4.90. The van der Waals surface area contributed by atoms with Gasteiger partial charge >= 0.3 is 0 Å². The van der Waals surface area contributed by atoms with Crippen molar-refractivity contribution in [3.05, 3.63) is 34.2 Å². The van der Waals surface area contributed by atoms with E-state index >= 15 is 0 Å². The lowest BCUT2D eigenvalue weighted by Crippen LogP contribution is -2.21. The smallest absolute Gasteiger partial charge is 0.141 e. The first kappa shape index (κ1) is 13.1. The molecule has 0 saturated heterocycles. The van der Waals surface area contributed by atoms with Crippen LogP contribution in [0.4, 0.5) is 5.69 Å². The predicted molar refractivity (Wildman–Crippen MR) is 62.4 cm³/mol. The van der Waals surface area contributed by atoms with E-state index in [4.69, 9.17) is 16.0 Å². The van der Waals surface area contributed by atoms with Crippen molar-refractivity contribution in [3.63, 3.8) is 0 Å². The largest absolute Gasteiger partial charge is 0.495 e. The minimum Gasteiger partial charge on any atom is -0.495 e. The van der Waals surface area contributed by atoms with Crippen molar-refractivity contribution in [2.75, 3.05) is 19.4 Å². The normalized spacial score (nSPS) is 13.6. The van der Waals surface area contributed by atoms with Crippen molar-refractivity contribution < 1.29 is 14.9 Å². The molecule has 1 aromatic rings. The van der Waals surface area contributed by atoms with Crippen LogP contribution in [0.1, 0.15) is 11.7 Å². The number of nitrogens with zero attached hydrogens (tertiary/aromatic N) is 3. The molecule has 4 N–H and O–H groups in total. The standard InChI is InChI=1S/C10H14N4O3/c1-17-9-3-2-6(4-7(9)11)10(16)8(15)5-13-14-12/h2-4,8,10,15-16H,5,11H2,1H3. The number of ether oxygens (including phenoxy) is 1. The monoisotopic (exact) mass is 238 g/mol. The van der Waals surface area contributed by atoms with Gasteiger partial charge in [-0.15, -0.1) is 0 Å². The molecule has 17 heavy (non-hydrogen) atoms. The van der Waals surface area contributed by atoms with Gasteiger partial charge in [-0.05, 0) is 23.2 Å². The Morgan fingerprint density at radius 1 is 1.53 bits per heavy atom. The number of aliphatic hydroxyl groups is 2. The van der Waals surface area contributed by atoms with Crippen LogP contribution in [0.15, 0.2) is 23.3 Å². The summed E-state index contributed by atoms with van der Waals surface area (Å²) in [5, 5.41) is 22.5. The molecule has 7 heteroatoms. The topological polar surface area (TPSA) is 124 Å². The van der Waals surface area contributed by atoms with Gasteiger partial charge in [-0.3, -0.25) is 0 Å². The summed E-state index contributed by atoms with van der Waals surface area (Å²) in [6.45, 7) is -0.205. The van der Waals surface area contributed by atoms with Gasteiger partial charge in [-0.25, -0.2) is 0 Å². The van der Waals surface area contributed by atoms with Gasteiger partial charge in [-0.1, -0.05) is 11.2 Å². The fraction of sp³-hybridized carbons (Fsp3) is 0.400. The molecule has 0 saturated carbocycles. The third-order valence-electron chi connectivity index (χ3n) is 2.29. The Morgan fingerprint density at radius 3 is 2.76 bits per heavy atom. The van der Waals surface area contributed by atoms with Crippen LogP contribution < -0.4 is 10.5 Å². The Morgan fingerprint density at radius 2 is 2.24 bits per heavy atom. The number of anilines is 1. The maximum atomic E-state index is 9.77. The molecule has 0 fully saturated rings. The van der Waals surface area contributed by atoms with Gasteiger partial charge in [0.2, 0.25) is 0 Å². The van der Waals surface area contributed by atoms with Crippen LogP contribution in [0.25, 0.3) is 10.4 Å². The SMILES string of the molecule is COc1ccc(C(O)C(O)CN=[N+]=[N-])cc1N. The zero-order chi connectivity index (χ0) is 12.8. The van der Waals surface area contributed by atoms with Crippen molar-refractivity contribution in [1.82, 2.24) is 0 Å². The lowest BCUT2D eigenvalue weighted by molar-refractivity contribution is 0.0244. The molecular formula is C10H14N4O3. The van der Waals surface area contributed by atoms with Gasteiger partial charge in [-0.2, -0.15) is 0 Å². The molecule has 0 aliphatic carbocycles. The maximum Gasteiger partial charge on any atom is 0.141 e. The molecule has 1 aromatic carbocycles. The van der Waals surface area contributed by atoms with E-state index in [9.17, 15) is 10.2 Å². The highest BCUT2D eigenvalue weighted by Crippen LogP contribution is 2.26. The number of azide groups is 1. The van der Waals surface area contributed by atoms with E-state index in [1.807, 2.05) is 0 Å². The van der Waals surface area contributed by atoms with Crippen LogP contribution in [0.3, 0.4) is 0 Å². The fourth-order valence-corrected chi connectivity index (χ4v) is 1.38. The molecule has 0 spiro atoms. The van der Waals surface area contributed by atoms with E-state index in [0.29, 0.717) is 17.0 Å². The van der Waals surface area contributed by atoms with Crippen molar-refractivity contribution in [1.29, 1.82) is 0 Å². The first-order valence-electron chi connectivity index (χ1n) is 4.90. The highest BCUT2D eigenvalue weighted by molar-refractivity contribution is 5.54. The second-order valence-corrected chi connectivity index (χ2v) is 3.43. The Labute approximate surface area is 98.1 Å². The summed E-state index contributed by atoms with van der Waals surface area (Å²) in [6, 6.07) is 4.68. The Kier molecular flexibility index (Phi) is 4.59. The zero-order valence-electron chi connectivity index (χ0n) is 9.32. The Hall–Kier alpha value is -1.95. The number of rotatable bonds is 5. The molecule has 0 aliphatic rings. The summed E-state index contributed by atoms with van der Waals surface area (Å²) in [5.74, 6) is 0.491. The summed E-state index contributed by atoms with van der Waals surface area (Å²) in [4.78, 5) is 2.51. The minimum absolute atomic E-state index is 0.205. The van der Waals surface area contributed by atoms with Gasteiger partial charge < -0.3 is 20.7 Å². The highest BCUT2D eigenvalue weighted by atomic mass is 16.5. The molecule has 1 rings (SSSR count). The number of nitrogen functional groups attached to an aromatic ring is 1. The van der Waals surface area contributed by atoms with Crippen LogP contribution in [-0.2, 0) is 0 Å². The average Bonchev–Trinajstić information content (AvgIpc) is 2.34. The Balaban J connectivity index is 2.85. The van der Waals surface area contributed by atoms with Gasteiger partial charge in [0.05, 0.1) is 25.4 Å². The molecule has 7 nitrogen and oxygen atoms in total. The molecule has 0 amide bonds. The van der Waals surface area contributed by atoms with Crippen molar-refractivity contribution in [2.24, 2.45) is 5.11 Å². The molecule has 92 valence electrons. The second-order valence-electron chi connectivity index (χ2n) is 3.43. The Bertz CT molecular complexity index is 432. The van der Waals surface area contributed by atoms with Crippen LogP contribution in [-0.4, -0.2) is 30.0 Å². The van der Waals surface area contributed by atoms with Crippen LogP contribution in [0.5, 0.6) is 5.75 Å². The molecule has 0 aromatic heterocycles. The minimum atomic E-state index is -1.17. The number of methoxy groups -OCH3 is 1. The van der Waals surface area contributed by atoms with E-state index in [0.717, 1.165) is 0 Å². The molecule has 2 atom stereocenters. The van der Waals surface area contributed by atoms with E-state index in [2.05, 4.69) is 10.0 Å². The van der Waals surface area contributed by atoms with Crippen LogP contribution in [0, 0.1) is 0 Å². The number of nitrogens with two attached hydrogens (primary N) is 1. The van der Waals surface area contributed by atoms with Gasteiger partial charge in [0.15, 0.2) is 0 Å². The van der Waals surface area contributed by atoms with Gasteiger partial charge in [0, 0.05) is 4.91 Å². The lowest BCUT2D eigenvalue weighted by Gasteiger charge is -2.17. The summed E-state index contributed by atoms with van der Waals surface area (Å²) in [6.07, 6.45) is -2.33. The fourth-order valence-electron chi connectivity index (χ4n) is 1.38. The zero-order valence-corrected chi connectivity index (χ0v) is 9.32. The van der Waals surface area contributed by atoms with Crippen molar-refractivity contribution in [3.8, 4) is 5.75 Å². The number of hydrogen-bond donors (Lipinski definition) is 3. The quantitative estimate of drug-likeness (QED) is 0.306. The first-order chi connectivity index (χ1) is 8.10. The molecule has 0 radical (unpaired) electrons. The summed E-state index contributed by atoms with van der Waals surface area (Å²) in [5.41, 5.74) is 14.6. The van der Waals surface area contributed by atoms with Crippen molar-refractivity contribution >= 4 is 5.69 Å². The maximum absolute atomic E-state index is 9.77.